The Kier molecular flexibility index (Phi) is 4.59. The van der Waals surface area contributed by atoms with Gasteiger partial charge in [0.15, 0.2) is 6.29 Å². The number of para-hydroxylation sites is 1. The number of rotatable bonds is 7. The number of aliphatic hydroxyl groups excluding tert-OH is 2. The molecular weight excluding hydrogens is 234 g/mol. The molecule has 0 amide bonds. The van der Waals surface area contributed by atoms with Gasteiger partial charge in [0.25, 0.3) is 0 Å². The highest BCUT2D eigenvalue weighted by molar-refractivity contribution is 5.73. The first kappa shape index (κ1) is 12.9. The molecule has 0 atom stereocenters. The van der Waals surface area contributed by atoms with Crippen LogP contribution in [0.2, 0.25) is 0 Å². The van der Waals surface area contributed by atoms with Gasteiger partial charge in [0.05, 0.1) is 18.7 Å². The molecule has 18 heavy (non-hydrogen) atoms. The predicted molar refractivity (Wildman–Crippen MR) is 66.7 cm³/mol. The Morgan fingerprint density at radius 1 is 1.11 bits per heavy atom. The lowest BCUT2D eigenvalue weighted by Gasteiger charge is -2.19. The molecule has 98 valence electrons. The SMILES string of the molecule is OCCNC(NCCO)n1nnc2ccccc21. The van der Waals surface area contributed by atoms with Crippen LogP contribution in [0.25, 0.3) is 11.0 Å². The molecule has 4 N–H and O–H groups in total. The summed E-state index contributed by atoms with van der Waals surface area (Å²) >= 11 is 0. The van der Waals surface area contributed by atoms with Gasteiger partial charge in [0.2, 0.25) is 0 Å². The third-order valence-electron chi connectivity index (χ3n) is 2.52. The van der Waals surface area contributed by atoms with Crippen molar-refractivity contribution in [1.82, 2.24) is 25.6 Å². The van der Waals surface area contributed by atoms with Crippen LogP contribution in [0.3, 0.4) is 0 Å². The summed E-state index contributed by atoms with van der Waals surface area (Å²) in [6.07, 6.45) is -0.309. The summed E-state index contributed by atoms with van der Waals surface area (Å²) in [5, 5.41) is 32.1. The van der Waals surface area contributed by atoms with Crippen molar-refractivity contribution in [2.24, 2.45) is 0 Å². The van der Waals surface area contributed by atoms with Gasteiger partial charge in [-0.1, -0.05) is 17.3 Å². The molecule has 0 radical (unpaired) electrons. The van der Waals surface area contributed by atoms with Crippen LogP contribution in [-0.2, 0) is 0 Å². The van der Waals surface area contributed by atoms with Crippen molar-refractivity contribution in [3.05, 3.63) is 24.3 Å². The third-order valence-corrected chi connectivity index (χ3v) is 2.52. The van der Waals surface area contributed by atoms with Crippen molar-refractivity contribution in [1.29, 1.82) is 0 Å². The van der Waals surface area contributed by atoms with Crippen LogP contribution < -0.4 is 10.6 Å². The molecule has 0 spiro atoms. The van der Waals surface area contributed by atoms with E-state index >= 15 is 0 Å². The lowest BCUT2D eigenvalue weighted by atomic mass is 10.3. The summed E-state index contributed by atoms with van der Waals surface area (Å²) in [4.78, 5) is 0. The van der Waals surface area contributed by atoms with Crippen molar-refractivity contribution < 1.29 is 10.2 Å². The zero-order valence-corrected chi connectivity index (χ0v) is 9.95. The van der Waals surface area contributed by atoms with Gasteiger partial charge in [0.1, 0.15) is 5.52 Å². The fourth-order valence-corrected chi connectivity index (χ4v) is 1.73. The number of fused-ring (bicyclic) bond motifs is 1. The Morgan fingerprint density at radius 2 is 1.78 bits per heavy atom. The number of aliphatic hydroxyl groups is 2. The maximum absolute atomic E-state index is 8.87. The lowest BCUT2D eigenvalue weighted by molar-refractivity contribution is 0.225. The number of aromatic nitrogens is 3. The van der Waals surface area contributed by atoms with Gasteiger partial charge >= 0.3 is 0 Å². The Balaban J connectivity index is 2.22. The number of nitrogens with one attached hydrogen (secondary N) is 2. The van der Waals surface area contributed by atoms with Crippen LogP contribution in [0.15, 0.2) is 24.3 Å². The molecule has 0 saturated carbocycles. The molecule has 0 aliphatic heterocycles. The first-order valence-electron chi connectivity index (χ1n) is 5.85. The van der Waals surface area contributed by atoms with Crippen LogP contribution in [-0.4, -0.2) is 51.5 Å². The molecule has 1 aromatic heterocycles. The summed E-state index contributed by atoms with van der Waals surface area (Å²) in [6, 6.07) is 7.62. The molecule has 0 unspecified atom stereocenters. The normalized spacial score (nSPS) is 11.5. The van der Waals surface area contributed by atoms with Gasteiger partial charge in [-0.3, -0.25) is 10.6 Å². The topological polar surface area (TPSA) is 95.2 Å². The van der Waals surface area contributed by atoms with E-state index in [1.54, 1.807) is 4.68 Å². The van der Waals surface area contributed by atoms with Crippen molar-refractivity contribution in [3.63, 3.8) is 0 Å². The van der Waals surface area contributed by atoms with E-state index in [1.165, 1.54) is 0 Å². The highest BCUT2D eigenvalue weighted by Crippen LogP contribution is 2.12. The van der Waals surface area contributed by atoms with E-state index in [4.69, 9.17) is 10.2 Å². The fraction of sp³-hybridized carbons (Fsp3) is 0.455. The monoisotopic (exact) mass is 251 g/mol. The van der Waals surface area contributed by atoms with Crippen molar-refractivity contribution >= 4 is 11.0 Å². The highest BCUT2D eigenvalue weighted by atomic mass is 16.3. The van der Waals surface area contributed by atoms with Gasteiger partial charge in [-0.25, -0.2) is 4.68 Å². The second-order valence-electron chi connectivity index (χ2n) is 3.78. The zero-order chi connectivity index (χ0) is 12.8. The molecule has 7 nitrogen and oxygen atoms in total. The minimum absolute atomic E-state index is 0.0317. The van der Waals surface area contributed by atoms with Crippen LogP contribution >= 0.6 is 0 Å². The zero-order valence-electron chi connectivity index (χ0n) is 9.95. The van der Waals surface area contributed by atoms with E-state index in [0.29, 0.717) is 13.1 Å². The maximum Gasteiger partial charge on any atom is 0.158 e. The molecule has 0 bridgehead atoms. The van der Waals surface area contributed by atoms with Crippen LogP contribution in [0.1, 0.15) is 6.29 Å². The van der Waals surface area contributed by atoms with E-state index in [0.717, 1.165) is 11.0 Å². The van der Waals surface area contributed by atoms with Crippen molar-refractivity contribution in [2.75, 3.05) is 26.3 Å². The molecule has 0 aliphatic rings. The molecule has 0 fully saturated rings. The molecular formula is C11H17N5O2. The van der Waals surface area contributed by atoms with E-state index in [2.05, 4.69) is 20.9 Å². The average Bonchev–Trinajstić information content (AvgIpc) is 2.83. The number of hydrogen-bond acceptors (Lipinski definition) is 6. The number of nitrogens with zero attached hydrogens (tertiary/aromatic N) is 3. The van der Waals surface area contributed by atoms with Crippen LogP contribution in [0, 0.1) is 0 Å². The minimum atomic E-state index is -0.309. The Morgan fingerprint density at radius 3 is 2.44 bits per heavy atom. The minimum Gasteiger partial charge on any atom is -0.395 e. The molecule has 2 aromatic rings. The summed E-state index contributed by atoms with van der Waals surface area (Å²) in [7, 11) is 0. The van der Waals surface area contributed by atoms with Crippen molar-refractivity contribution in [3.8, 4) is 0 Å². The Hall–Kier alpha value is -1.54. The molecule has 1 heterocycles. The quantitative estimate of drug-likeness (QED) is 0.474. The molecule has 1 aromatic carbocycles. The molecule has 0 aliphatic carbocycles. The van der Waals surface area contributed by atoms with Gasteiger partial charge in [-0.05, 0) is 12.1 Å². The summed E-state index contributed by atoms with van der Waals surface area (Å²) in [5.41, 5.74) is 1.69. The Bertz CT molecular complexity index is 479. The van der Waals surface area contributed by atoms with Crippen LogP contribution in [0.4, 0.5) is 0 Å². The van der Waals surface area contributed by atoms with E-state index < -0.39 is 0 Å². The summed E-state index contributed by atoms with van der Waals surface area (Å²) in [5.74, 6) is 0. The first-order chi connectivity index (χ1) is 8.86. The summed E-state index contributed by atoms with van der Waals surface area (Å²) in [6.45, 7) is 0.919. The number of hydrogen-bond donors (Lipinski definition) is 4. The largest absolute Gasteiger partial charge is 0.395 e. The lowest BCUT2D eigenvalue weighted by Crippen LogP contribution is -2.41. The standard InChI is InChI=1S/C11H17N5O2/c17-7-5-12-11(13-6-8-18)16-10-4-2-1-3-9(10)14-15-16/h1-4,11-13,17-18H,5-8H2. The molecule has 0 saturated heterocycles. The van der Waals surface area contributed by atoms with Gasteiger partial charge in [0, 0.05) is 13.1 Å². The van der Waals surface area contributed by atoms with E-state index in [-0.39, 0.29) is 19.5 Å². The van der Waals surface area contributed by atoms with Gasteiger partial charge < -0.3 is 10.2 Å². The highest BCUT2D eigenvalue weighted by Gasteiger charge is 2.13. The smallest absolute Gasteiger partial charge is 0.158 e. The molecule has 7 heteroatoms. The fourth-order valence-electron chi connectivity index (χ4n) is 1.73. The second-order valence-corrected chi connectivity index (χ2v) is 3.78. The predicted octanol–water partition coefficient (Wildman–Crippen LogP) is -0.949. The summed E-state index contributed by atoms with van der Waals surface area (Å²) < 4.78 is 1.70. The van der Waals surface area contributed by atoms with Gasteiger partial charge in [-0.2, -0.15) is 0 Å². The van der Waals surface area contributed by atoms with Gasteiger partial charge in [-0.15, -0.1) is 5.10 Å². The van der Waals surface area contributed by atoms with Crippen LogP contribution in [0.5, 0.6) is 0 Å². The van der Waals surface area contributed by atoms with E-state index in [1.807, 2.05) is 24.3 Å². The first-order valence-corrected chi connectivity index (χ1v) is 5.85. The average molecular weight is 251 g/mol. The maximum atomic E-state index is 8.87. The van der Waals surface area contributed by atoms with E-state index in [9.17, 15) is 0 Å². The number of benzene rings is 1. The Labute approximate surface area is 104 Å². The third kappa shape index (κ3) is 2.82. The van der Waals surface area contributed by atoms with Crippen molar-refractivity contribution in [2.45, 2.75) is 6.29 Å². The second kappa shape index (κ2) is 6.41. The molecule has 2 rings (SSSR count).